The average Bonchev–Trinajstić information content (AvgIpc) is 3.86. The van der Waals surface area contributed by atoms with Crippen LogP contribution in [0.15, 0.2) is 36.4 Å². The summed E-state index contributed by atoms with van der Waals surface area (Å²) in [4.78, 5) is 12.6. The number of aryl methyl sites for hydroxylation is 1. The summed E-state index contributed by atoms with van der Waals surface area (Å²) in [5.41, 5.74) is 1.50. The van der Waals surface area contributed by atoms with Crippen LogP contribution in [0.3, 0.4) is 0 Å². The number of benzene rings is 2. The van der Waals surface area contributed by atoms with Gasteiger partial charge in [-0.2, -0.15) is 8.78 Å². The first-order valence-electron chi connectivity index (χ1n) is 17.5. The van der Waals surface area contributed by atoms with Gasteiger partial charge in [0.05, 0.1) is 12.2 Å². The van der Waals surface area contributed by atoms with Crippen molar-refractivity contribution in [2.45, 2.75) is 135 Å². The molecule has 0 atom stereocenters. The van der Waals surface area contributed by atoms with Crippen molar-refractivity contribution in [1.29, 1.82) is 0 Å². The van der Waals surface area contributed by atoms with Gasteiger partial charge in [-0.05, 0) is 66.8 Å². The Bertz CT molecular complexity index is 1090. The van der Waals surface area contributed by atoms with Crippen molar-refractivity contribution < 1.29 is 23.0 Å². The molecule has 0 bridgehead atoms. The van der Waals surface area contributed by atoms with E-state index in [2.05, 4.69) is 6.92 Å². The van der Waals surface area contributed by atoms with Crippen LogP contribution >= 0.6 is 0 Å². The highest BCUT2D eigenvalue weighted by atomic mass is 19.2. The molecule has 2 saturated carbocycles. The van der Waals surface area contributed by atoms with Crippen LogP contribution in [-0.2, 0) is 6.42 Å². The molecule has 0 heterocycles. The second-order valence-corrected chi connectivity index (χ2v) is 13.3. The van der Waals surface area contributed by atoms with Gasteiger partial charge in [0.2, 0.25) is 11.6 Å². The van der Waals surface area contributed by atoms with Crippen LogP contribution in [0.4, 0.5) is 8.78 Å². The van der Waals surface area contributed by atoms with Crippen molar-refractivity contribution in [3.05, 3.63) is 59.2 Å². The van der Waals surface area contributed by atoms with Gasteiger partial charge in [-0.25, -0.2) is 4.79 Å². The minimum absolute atomic E-state index is 0.147. The summed E-state index contributed by atoms with van der Waals surface area (Å²) in [7, 11) is 0. The summed E-state index contributed by atoms with van der Waals surface area (Å²) in [6, 6.07) is 9.90. The number of hydrogen-bond donors (Lipinski definition) is 0. The molecule has 3 nitrogen and oxygen atoms in total. The molecule has 0 saturated heterocycles. The average molecular weight is 597 g/mol. The number of unbranched alkanes of at least 4 members (excludes halogenated alkanes) is 8. The highest BCUT2D eigenvalue weighted by Crippen LogP contribution is 2.35. The minimum Gasteiger partial charge on any atom is -0.490 e. The first-order chi connectivity index (χ1) is 21.0. The van der Waals surface area contributed by atoms with Crippen LogP contribution in [0.2, 0.25) is 0 Å². The Morgan fingerprint density at radius 2 is 1.16 bits per heavy atom. The lowest BCUT2D eigenvalue weighted by Crippen LogP contribution is -2.15. The number of carbonyl (C=O) groups excluding carboxylic acids is 1. The van der Waals surface area contributed by atoms with Crippen molar-refractivity contribution in [2.75, 3.05) is 6.61 Å². The number of esters is 1. The molecule has 0 aromatic heterocycles. The van der Waals surface area contributed by atoms with E-state index in [1.54, 1.807) is 12.1 Å². The first-order valence-corrected chi connectivity index (χ1v) is 17.5. The molecule has 2 aromatic rings. The zero-order valence-corrected chi connectivity index (χ0v) is 26.5. The van der Waals surface area contributed by atoms with Gasteiger partial charge in [0, 0.05) is 0 Å². The lowest BCUT2D eigenvalue weighted by atomic mass is 9.78. The topological polar surface area (TPSA) is 35.5 Å². The SMILES string of the molecule is CCCCCC1CCC(CCc2ccc(C(=O)Oc3ccc(OCCCCCCCCCC4CC4)c(F)c3F)cc2)CC1. The number of hydrogen-bond acceptors (Lipinski definition) is 3. The van der Waals surface area contributed by atoms with E-state index in [9.17, 15) is 13.6 Å². The van der Waals surface area contributed by atoms with Crippen molar-refractivity contribution >= 4 is 5.97 Å². The van der Waals surface area contributed by atoms with Gasteiger partial charge in [-0.15, -0.1) is 0 Å². The summed E-state index contributed by atoms with van der Waals surface area (Å²) in [5.74, 6) is -0.863. The van der Waals surface area contributed by atoms with Gasteiger partial charge in [0.1, 0.15) is 0 Å². The fraction of sp³-hybridized carbons (Fsp3) is 0.658. The summed E-state index contributed by atoms with van der Waals surface area (Å²) >= 11 is 0. The maximum Gasteiger partial charge on any atom is 0.343 e. The number of halogens is 2. The standard InChI is InChI=1S/C38H54F2O3/c1-2-3-9-12-29-16-18-31(19-17-29)20-21-32-22-24-33(25-23-32)38(41)43-35-27-26-34(36(39)37(35)40)42-28-11-8-6-4-5-7-10-13-30-14-15-30/h22-27,29-31H,2-21,28H2,1H3. The van der Waals surface area contributed by atoms with Crippen LogP contribution < -0.4 is 9.47 Å². The summed E-state index contributed by atoms with van der Waals surface area (Å²) < 4.78 is 40.0. The van der Waals surface area contributed by atoms with Gasteiger partial charge >= 0.3 is 5.97 Å². The molecule has 2 aliphatic carbocycles. The maximum atomic E-state index is 14.7. The van der Waals surface area contributed by atoms with E-state index in [-0.39, 0.29) is 5.75 Å². The van der Waals surface area contributed by atoms with Gasteiger partial charge in [0.15, 0.2) is 11.5 Å². The maximum absolute atomic E-state index is 14.7. The Kier molecular flexibility index (Phi) is 14.3. The number of ether oxygens (including phenoxy) is 2. The molecule has 2 aliphatic rings. The zero-order valence-electron chi connectivity index (χ0n) is 26.5. The summed E-state index contributed by atoms with van der Waals surface area (Å²) in [6.07, 6.45) is 25.4. The molecule has 4 rings (SSSR count). The molecule has 2 aromatic carbocycles. The molecule has 0 N–H and O–H groups in total. The predicted octanol–water partition coefficient (Wildman–Crippen LogP) is 11.4. The second-order valence-electron chi connectivity index (χ2n) is 13.3. The van der Waals surface area contributed by atoms with Crippen molar-refractivity contribution in [2.24, 2.45) is 17.8 Å². The van der Waals surface area contributed by atoms with Crippen LogP contribution in [-0.4, -0.2) is 12.6 Å². The fourth-order valence-electron chi connectivity index (χ4n) is 6.54. The van der Waals surface area contributed by atoms with Gasteiger partial charge in [-0.3, -0.25) is 0 Å². The molecule has 43 heavy (non-hydrogen) atoms. The lowest BCUT2D eigenvalue weighted by molar-refractivity contribution is 0.0726. The van der Waals surface area contributed by atoms with Gasteiger partial charge in [-0.1, -0.05) is 128 Å². The van der Waals surface area contributed by atoms with E-state index in [0.29, 0.717) is 12.2 Å². The Balaban J connectivity index is 1.12. The molecule has 0 radical (unpaired) electrons. The largest absolute Gasteiger partial charge is 0.490 e. The number of carbonyl (C=O) groups is 1. The van der Waals surface area contributed by atoms with Crippen LogP contribution in [0.25, 0.3) is 0 Å². The van der Waals surface area contributed by atoms with Crippen molar-refractivity contribution in [3.63, 3.8) is 0 Å². The summed E-state index contributed by atoms with van der Waals surface area (Å²) in [5, 5.41) is 0. The quantitative estimate of drug-likeness (QED) is 0.0866. The molecule has 0 unspecified atom stereocenters. The molecular weight excluding hydrogens is 542 g/mol. The Morgan fingerprint density at radius 3 is 1.79 bits per heavy atom. The normalized spacial score (nSPS) is 18.5. The van der Waals surface area contributed by atoms with E-state index in [4.69, 9.17) is 9.47 Å². The highest BCUT2D eigenvalue weighted by molar-refractivity contribution is 5.91. The van der Waals surface area contributed by atoms with Crippen LogP contribution in [0, 0.1) is 29.4 Å². The Morgan fingerprint density at radius 1 is 0.651 bits per heavy atom. The molecule has 238 valence electrons. The molecular formula is C38H54F2O3. The second kappa shape index (κ2) is 18.4. The van der Waals surface area contributed by atoms with Crippen molar-refractivity contribution in [1.82, 2.24) is 0 Å². The molecule has 0 aliphatic heterocycles. The third-order valence-corrected chi connectivity index (χ3v) is 9.64. The van der Waals surface area contributed by atoms with E-state index < -0.39 is 23.4 Å². The monoisotopic (exact) mass is 596 g/mol. The smallest absolute Gasteiger partial charge is 0.343 e. The Hall–Kier alpha value is -2.43. The molecule has 2 fully saturated rings. The first kappa shape index (κ1) is 33.5. The third-order valence-electron chi connectivity index (χ3n) is 9.64. The van der Waals surface area contributed by atoms with Crippen LogP contribution in [0.1, 0.15) is 145 Å². The van der Waals surface area contributed by atoms with Crippen molar-refractivity contribution in [3.8, 4) is 11.5 Å². The van der Waals surface area contributed by atoms with E-state index in [0.717, 1.165) is 43.4 Å². The van der Waals surface area contributed by atoms with Gasteiger partial charge < -0.3 is 9.47 Å². The fourth-order valence-corrected chi connectivity index (χ4v) is 6.54. The molecule has 0 spiro atoms. The third kappa shape index (κ3) is 11.9. The minimum atomic E-state index is -1.20. The van der Waals surface area contributed by atoms with E-state index in [1.165, 1.54) is 120 Å². The highest BCUT2D eigenvalue weighted by Gasteiger charge is 2.22. The van der Waals surface area contributed by atoms with Gasteiger partial charge in [0.25, 0.3) is 0 Å². The molecule has 5 heteroatoms. The summed E-state index contributed by atoms with van der Waals surface area (Å²) in [6.45, 7) is 2.60. The number of rotatable bonds is 20. The molecule has 0 amide bonds. The predicted molar refractivity (Wildman–Crippen MR) is 171 cm³/mol. The van der Waals surface area contributed by atoms with E-state index in [1.807, 2.05) is 12.1 Å². The Labute approximate surface area is 259 Å². The van der Waals surface area contributed by atoms with E-state index >= 15 is 0 Å². The van der Waals surface area contributed by atoms with Crippen LogP contribution in [0.5, 0.6) is 11.5 Å². The lowest BCUT2D eigenvalue weighted by Gasteiger charge is -2.28. The zero-order chi connectivity index (χ0) is 30.3.